The molecule has 0 bridgehead atoms. The van der Waals surface area contributed by atoms with Crippen LogP contribution in [0.25, 0.3) is 4.96 Å². The Hall–Kier alpha value is -3.65. The van der Waals surface area contributed by atoms with Gasteiger partial charge in [-0.2, -0.15) is 0 Å². The minimum Gasteiger partial charge on any atom is -0.487 e. The summed E-state index contributed by atoms with van der Waals surface area (Å²) < 4.78 is 12.9. The monoisotopic (exact) mass is 435 g/mol. The Bertz CT molecular complexity index is 1250. The molecular weight excluding hydrogens is 414 g/mol. The van der Waals surface area contributed by atoms with E-state index in [1.807, 2.05) is 25.1 Å². The number of rotatable bonds is 7. The number of aryl methyl sites for hydroxylation is 1. The van der Waals surface area contributed by atoms with Gasteiger partial charge in [0.15, 0.2) is 11.1 Å². The van der Waals surface area contributed by atoms with E-state index in [4.69, 9.17) is 9.47 Å². The van der Waals surface area contributed by atoms with Crippen LogP contribution in [0.15, 0.2) is 71.7 Å². The lowest BCUT2D eigenvalue weighted by atomic mass is 10.2. The van der Waals surface area contributed by atoms with Gasteiger partial charge in [-0.05, 0) is 50.2 Å². The maximum Gasteiger partial charge on any atom is 0.265 e. The van der Waals surface area contributed by atoms with Crippen LogP contribution in [0, 0.1) is 6.92 Å². The summed E-state index contributed by atoms with van der Waals surface area (Å²) in [6, 6.07) is 17.7. The molecule has 0 aliphatic carbocycles. The molecule has 0 fully saturated rings. The second-order valence-electron chi connectivity index (χ2n) is 6.96. The summed E-state index contributed by atoms with van der Waals surface area (Å²) in [4.78, 5) is 30.6. The molecule has 0 saturated heterocycles. The van der Waals surface area contributed by atoms with Crippen LogP contribution in [-0.2, 0) is 11.4 Å². The molecule has 0 aliphatic heterocycles. The molecule has 7 nitrogen and oxygen atoms in total. The van der Waals surface area contributed by atoms with Crippen molar-refractivity contribution in [2.45, 2.75) is 26.6 Å². The zero-order chi connectivity index (χ0) is 21.8. The number of amides is 1. The number of hydrogen-bond donors (Lipinski definition) is 1. The lowest BCUT2D eigenvalue weighted by Crippen LogP contribution is -2.30. The number of thiazole rings is 1. The Morgan fingerprint density at radius 2 is 1.87 bits per heavy atom. The van der Waals surface area contributed by atoms with Gasteiger partial charge < -0.3 is 14.8 Å². The molecule has 2 heterocycles. The quantitative estimate of drug-likeness (QED) is 0.474. The Morgan fingerprint density at radius 3 is 2.61 bits per heavy atom. The molecule has 8 heteroatoms. The maximum atomic E-state index is 12.3. The van der Waals surface area contributed by atoms with Gasteiger partial charge in [-0.25, -0.2) is 4.98 Å². The molecule has 1 N–H and O–H groups in total. The summed E-state index contributed by atoms with van der Waals surface area (Å²) >= 11 is 1.46. The highest BCUT2D eigenvalue weighted by atomic mass is 32.1. The van der Waals surface area contributed by atoms with Crippen molar-refractivity contribution in [3.8, 4) is 11.5 Å². The topological polar surface area (TPSA) is 81.9 Å². The number of benzene rings is 2. The lowest BCUT2D eigenvalue weighted by molar-refractivity contribution is -0.122. The van der Waals surface area contributed by atoms with E-state index in [2.05, 4.69) is 10.3 Å². The van der Waals surface area contributed by atoms with Crippen LogP contribution in [0.3, 0.4) is 0 Å². The summed E-state index contributed by atoms with van der Waals surface area (Å²) in [6.45, 7) is 3.81. The Labute approximate surface area is 182 Å². The van der Waals surface area contributed by atoms with Crippen LogP contribution in [0.4, 0.5) is 5.69 Å². The Balaban J connectivity index is 1.34. The average Bonchev–Trinajstić information content (AvgIpc) is 3.15. The fourth-order valence-corrected chi connectivity index (χ4v) is 3.77. The van der Waals surface area contributed by atoms with Gasteiger partial charge in [0.25, 0.3) is 11.5 Å². The third-order valence-corrected chi connectivity index (χ3v) is 5.37. The van der Waals surface area contributed by atoms with E-state index >= 15 is 0 Å². The predicted molar refractivity (Wildman–Crippen MR) is 120 cm³/mol. The van der Waals surface area contributed by atoms with Crippen molar-refractivity contribution in [1.82, 2.24) is 9.38 Å². The fraction of sp³-hybridized carbons (Fsp3) is 0.174. The van der Waals surface area contributed by atoms with E-state index in [-0.39, 0.29) is 18.1 Å². The normalized spacial score (nSPS) is 11.8. The van der Waals surface area contributed by atoms with Crippen molar-refractivity contribution in [2.75, 3.05) is 5.32 Å². The molecule has 4 aromatic rings. The summed E-state index contributed by atoms with van der Waals surface area (Å²) in [7, 11) is 0. The van der Waals surface area contributed by atoms with Gasteiger partial charge in [0.1, 0.15) is 18.1 Å². The first kappa shape index (κ1) is 20.6. The molecule has 158 valence electrons. The molecule has 0 spiro atoms. The first-order valence-electron chi connectivity index (χ1n) is 9.72. The van der Waals surface area contributed by atoms with Gasteiger partial charge in [-0.3, -0.25) is 14.0 Å². The van der Waals surface area contributed by atoms with E-state index in [0.29, 0.717) is 27.8 Å². The number of carbonyl (C=O) groups excluding carboxylic acids is 1. The molecule has 4 rings (SSSR count). The van der Waals surface area contributed by atoms with E-state index in [9.17, 15) is 9.59 Å². The minimum atomic E-state index is -0.639. The number of nitrogens with zero attached hydrogens (tertiary/aromatic N) is 2. The molecule has 0 saturated carbocycles. The Morgan fingerprint density at radius 1 is 1.13 bits per heavy atom. The Kier molecular flexibility index (Phi) is 5.99. The van der Waals surface area contributed by atoms with Crippen molar-refractivity contribution < 1.29 is 14.3 Å². The molecule has 1 amide bonds. The zero-order valence-corrected chi connectivity index (χ0v) is 17.9. The molecule has 0 unspecified atom stereocenters. The largest absolute Gasteiger partial charge is 0.487 e. The number of anilines is 1. The van der Waals surface area contributed by atoms with E-state index in [0.717, 1.165) is 4.88 Å². The van der Waals surface area contributed by atoms with Crippen LogP contribution in [-0.4, -0.2) is 21.4 Å². The fourth-order valence-electron chi connectivity index (χ4n) is 2.92. The van der Waals surface area contributed by atoms with Crippen LogP contribution in [0.5, 0.6) is 11.5 Å². The number of nitrogens with one attached hydrogen (secondary N) is 1. The molecule has 31 heavy (non-hydrogen) atoms. The van der Waals surface area contributed by atoms with Gasteiger partial charge in [-0.1, -0.05) is 18.2 Å². The van der Waals surface area contributed by atoms with Gasteiger partial charge in [0, 0.05) is 22.8 Å². The number of hydrogen-bond acceptors (Lipinski definition) is 6. The zero-order valence-electron chi connectivity index (χ0n) is 17.1. The summed E-state index contributed by atoms with van der Waals surface area (Å²) in [6.07, 6.45) is 1.14. The van der Waals surface area contributed by atoms with Crippen LogP contribution in [0.2, 0.25) is 0 Å². The molecule has 2 aromatic heterocycles. The molecule has 0 radical (unpaired) electrons. The van der Waals surface area contributed by atoms with Gasteiger partial charge in [0.2, 0.25) is 0 Å². The number of fused-ring (bicyclic) bond motifs is 1. The van der Waals surface area contributed by atoms with Crippen molar-refractivity contribution >= 4 is 27.9 Å². The first-order valence-corrected chi connectivity index (χ1v) is 10.5. The van der Waals surface area contributed by atoms with E-state index in [1.54, 1.807) is 49.5 Å². The number of carbonyl (C=O) groups is 1. The summed E-state index contributed by atoms with van der Waals surface area (Å²) in [5, 5.41) is 2.82. The van der Waals surface area contributed by atoms with Gasteiger partial charge in [0.05, 0.1) is 5.69 Å². The third kappa shape index (κ3) is 5.10. The van der Waals surface area contributed by atoms with Gasteiger partial charge >= 0.3 is 0 Å². The highest BCUT2D eigenvalue weighted by Crippen LogP contribution is 2.19. The predicted octanol–water partition coefficient (Wildman–Crippen LogP) is 4.05. The molecule has 1 atom stereocenters. The smallest absolute Gasteiger partial charge is 0.265 e. The highest BCUT2D eigenvalue weighted by molar-refractivity contribution is 7.16. The highest BCUT2D eigenvalue weighted by Gasteiger charge is 2.15. The van der Waals surface area contributed by atoms with Crippen LogP contribution in [0.1, 0.15) is 17.5 Å². The van der Waals surface area contributed by atoms with Crippen LogP contribution >= 0.6 is 11.3 Å². The maximum absolute atomic E-state index is 12.3. The van der Waals surface area contributed by atoms with Crippen LogP contribution < -0.4 is 20.3 Å². The lowest BCUT2D eigenvalue weighted by Gasteiger charge is -2.15. The van der Waals surface area contributed by atoms with Crippen molar-refractivity contribution in [3.63, 3.8) is 0 Å². The van der Waals surface area contributed by atoms with Crippen molar-refractivity contribution in [1.29, 1.82) is 0 Å². The van der Waals surface area contributed by atoms with Crippen molar-refractivity contribution in [3.05, 3.63) is 87.8 Å². The van der Waals surface area contributed by atoms with E-state index in [1.165, 1.54) is 21.8 Å². The second kappa shape index (κ2) is 9.01. The second-order valence-corrected chi connectivity index (χ2v) is 8.17. The molecule has 0 aliphatic rings. The molecule has 2 aromatic carbocycles. The first-order chi connectivity index (χ1) is 15.0. The summed E-state index contributed by atoms with van der Waals surface area (Å²) in [5.74, 6) is 0.996. The SMILES string of the molecule is Cc1cn2c(=O)cc(COc3ccc(NC(=O)[C@H](C)Oc4ccccc4)cc3)nc2s1. The summed E-state index contributed by atoms with van der Waals surface area (Å²) in [5.41, 5.74) is 1.07. The number of ether oxygens (including phenoxy) is 2. The van der Waals surface area contributed by atoms with E-state index < -0.39 is 6.10 Å². The standard InChI is InChI=1S/C23H21N3O4S/c1-15-13-26-21(27)12-18(25-23(26)31-15)14-29-19-10-8-17(9-11-19)24-22(28)16(2)30-20-6-4-3-5-7-20/h3-13,16H,14H2,1-2H3,(H,24,28)/t16-/m0/s1. The number of aromatic nitrogens is 2. The number of para-hydroxylation sites is 1. The third-order valence-electron chi connectivity index (χ3n) is 4.47. The molecular formula is C23H21N3O4S. The van der Waals surface area contributed by atoms with Gasteiger partial charge in [-0.15, -0.1) is 11.3 Å². The minimum absolute atomic E-state index is 0.127. The average molecular weight is 436 g/mol. The van der Waals surface area contributed by atoms with Crippen molar-refractivity contribution in [2.24, 2.45) is 0 Å².